The van der Waals surface area contributed by atoms with Gasteiger partial charge in [-0.15, -0.1) is 0 Å². The van der Waals surface area contributed by atoms with Gasteiger partial charge in [-0.1, -0.05) is 44.0 Å². The third-order valence-corrected chi connectivity index (χ3v) is 3.05. The van der Waals surface area contributed by atoms with Crippen LogP contribution in [0.4, 0.5) is 0 Å². The summed E-state index contributed by atoms with van der Waals surface area (Å²) in [5.74, 6) is 0.868. The minimum absolute atomic E-state index is 0.714. The van der Waals surface area contributed by atoms with Gasteiger partial charge in [-0.2, -0.15) is 0 Å². The van der Waals surface area contributed by atoms with Crippen LogP contribution in [0.25, 0.3) is 10.8 Å². The van der Waals surface area contributed by atoms with Gasteiger partial charge in [0.15, 0.2) is 6.29 Å². The molecule has 0 aliphatic rings. The quantitative estimate of drug-likeness (QED) is 0.560. The van der Waals surface area contributed by atoms with Crippen molar-refractivity contribution in [1.82, 2.24) is 0 Å². The largest absolute Gasteiger partial charge is 0.493 e. The number of hydrogen-bond acceptors (Lipinski definition) is 2. The van der Waals surface area contributed by atoms with Crippen molar-refractivity contribution in [1.29, 1.82) is 0 Å². The van der Waals surface area contributed by atoms with Crippen LogP contribution in [0, 0.1) is 0 Å². The number of carbonyl (C=O) groups is 1. The van der Waals surface area contributed by atoms with Gasteiger partial charge in [0.05, 0.1) is 6.61 Å². The lowest BCUT2D eigenvalue weighted by Gasteiger charge is -2.10. The number of ether oxygens (including phenoxy) is 1. The molecule has 2 rings (SSSR count). The average molecular weight is 242 g/mol. The van der Waals surface area contributed by atoms with Crippen molar-refractivity contribution >= 4 is 17.1 Å². The number of aldehydes is 1. The van der Waals surface area contributed by atoms with Crippen molar-refractivity contribution in [3.8, 4) is 5.75 Å². The highest BCUT2D eigenvalue weighted by atomic mass is 16.5. The molecule has 0 radical (unpaired) electrons. The molecule has 0 saturated heterocycles. The summed E-state index contributed by atoms with van der Waals surface area (Å²) >= 11 is 0. The van der Waals surface area contributed by atoms with Crippen LogP contribution in [-0.4, -0.2) is 12.9 Å². The van der Waals surface area contributed by atoms with Crippen LogP contribution in [0.5, 0.6) is 5.75 Å². The molecular weight excluding hydrogens is 224 g/mol. The van der Waals surface area contributed by atoms with E-state index in [1.54, 1.807) is 0 Å². The van der Waals surface area contributed by atoms with Gasteiger partial charge >= 0.3 is 0 Å². The average Bonchev–Trinajstić information content (AvgIpc) is 2.43. The van der Waals surface area contributed by atoms with E-state index in [1.165, 1.54) is 12.8 Å². The molecule has 0 saturated carbocycles. The summed E-state index contributed by atoms with van der Waals surface area (Å²) in [4.78, 5) is 11.0. The molecule has 0 N–H and O–H groups in total. The molecule has 2 heteroatoms. The first-order valence-electron chi connectivity index (χ1n) is 6.46. The third kappa shape index (κ3) is 2.70. The Morgan fingerprint density at radius 3 is 2.56 bits per heavy atom. The Morgan fingerprint density at radius 1 is 1.06 bits per heavy atom. The Balaban J connectivity index is 2.26. The van der Waals surface area contributed by atoms with Gasteiger partial charge < -0.3 is 4.74 Å². The zero-order chi connectivity index (χ0) is 12.8. The predicted molar refractivity (Wildman–Crippen MR) is 74.4 cm³/mol. The standard InChI is InChI=1S/C16H18O2/c1-2-3-6-11-18-16-10-9-13(12-17)14-7-4-5-8-15(14)16/h4-5,7-10,12H,2-3,6,11H2,1H3. The summed E-state index contributed by atoms with van der Waals surface area (Å²) in [6.45, 7) is 2.91. The molecule has 2 aromatic rings. The molecule has 2 nitrogen and oxygen atoms in total. The third-order valence-electron chi connectivity index (χ3n) is 3.05. The monoisotopic (exact) mass is 242 g/mol. The molecule has 0 bridgehead atoms. The minimum atomic E-state index is 0.714. The highest BCUT2D eigenvalue weighted by Crippen LogP contribution is 2.27. The molecule has 0 fully saturated rings. The van der Waals surface area contributed by atoms with Crippen LogP contribution in [0.3, 0.4) is 0 Å². The van der Waals surface area contributed by atoms with Gasteiger partial charge in [0.2, 0.25) is 0 Å². The number of benzene rings is 2. The zero-order valence-electron chi connectivity index (χ0n) is 10.7. The lowest BCUT2D eigenvalue weighted by Crippen LogP contribution is -1.98. The van der Waals surface area contributed by atoms with E-state index in [1.807, 2.05) is 36.4 Å². The normalized spacial score (nSPS) is 10.5. The Bertz CT molecular complexity index is 532. The van der Waals surface area contributed by atoms with Crippen molar-refractivity contribution < 1.29 is 9.53 Å². The molecule has 0 amide bonds. The first kappa shape index (κ1) is 12.6. The highest BCUT2D eigenvalue weighted by Gasteiger charge is 2.05. The Labute approximate surface area is 108 Å². The van der Waals surface area contributed by atoms with E-state index in [-0.39, 0.29) is 0 Å². The van der Waals surface area contributed by atoms with Crippen molar-refractivity contribution in [2.45, 2.75) is 26.2 Å². The molecule has 0 aliphatic carbocycles. The maximum Gasteiger partial charge on any atom is 0.150 e. The van der Waals surface area contributed by atoms with Crippen LogP contribution in [-0.2, 0) is 0 Å². The predicted octanol–water partition coefficient (Wildman–Crippen LogP) is 4.22. The maximum atomic E-state index is 11.0. The van der Waals surface area contributed by atoms with Gasteiger partial charge in [-0.25, -0.2) is 0 Å². The molecule has 94 valence electrons. The first-order chi connectivity index (χ1) is 8.86. The number of fused-ring (bicyclic) bond motifs is 1. The van der Waals surface area contributed by atoms with E-state index >= 15 is 0 Å². The summed E-state index contributed by atoms with van der Waals surface area (Å²) in [6.07, 6.45) is 4.34. The fourth-order valence-corrected chi connectivity index (χ4v) is 2.06. The van der Waals surface area contributed by atoms with Crippen LogP contribution in [0.15, 0.2) is 36.4 Å². The number of unbranched alkanes of at least 4 members (excludes halogenated alkanes) is 2. The van der Waals surface area contributed by atoms with Gasteiger partial charge in [0.25, 0.3) is 0 Å². The fraction of sp³-hybridized carbons (Fsp3) is 0.312. The maximum absolute atomic E-state index is 11.0. The van der Waals surface area contributed by atoms with E-state index in [2.05, 4.69) is 6.92 Å². The molecule has 0 unspecified atom stereocenters. The molecule has 0 spiro atoms. The van der Waals surface area contributed by atoms with Gasteiger partial charge in [-0.05, 0) is 23.9 Å². The Morgan fingerprint density at radius 2 is 1.83 bits per heavy atom. The second-order valence-corrected chi connectivity index (χ2v) is 4.37. The van der Waals surface area contributed by atoms with Crippen molar-refractivity contribution in [2.24, 2.45) is 0 Å². The molecule has 0 aromatic heterocycles. The summed E-state index contributed by atoms with van der Waals surface area (Å²) < 4.78 is 5.80. The van der Waals surface area contributed by atoms with Crippen molar-refractivity contribution in [3.63, 3.8) is 0 Å². The minimum Gasteiger partial charge on any atom is -0.493 e. The molecule has 18 heavy (non-hydrogen) atoms. The lowest BCUT2D eigenvalue weighted by molar-refractivity contribution is 0.112. The van der Waals surface area contributed by atoms with Crippen molar-refractivity contribution in [3.05, 3.63) is 42.0 Å². The van der Waals surface area contributed by atoms with E-state index in [9.17, 15) is 4.79 Å². The molecule has 0 heterocycles. The summed E-state index contributed by atoms with van der Waals surface area (Å²) in [6, 6.07) is 11.6. The molecule has 0 aliphatic heterocycles. The summed E-state index contributed by atoms with van der Waals surface area (Å²) in [5, 5.41) is 1.97. The smallest absolute Gasteiger partial charge is 0.150 e. The second kappa shape index (κ2) is 6.20. The molecule has 0 atom stereocenters. The van der Waals surface area contributed by atoms with Crippen LogP contribution < -0.4 is 4.74 Å². The SMILES string of the molecule is CCCCCOc1ccc(C=O)c2ccccc12. The van der Waals surface area contributed by atoms with Crippen LogP contribution >= 0.6 is 0 Å². The van der Waals surface area contributed by atoms with Crippen LogP contribution in [0.1, 0.15) is 36.5 Å². The lowest BCUT2D eigenvalue weighted by atomic mass is 10.0. The second-order valence-electron chi connectivity index (χ2n) is 4.37. The van der Waals surface area contributed by atoms with E-state index < -0.39 is 0 Å². The van der Waals surface area contributed by atoms with Crippen LogP contribution in [0.2, 0.25) is 0 Å². The molecular formula is C16H18O2. The highest BCUT2D eigenvalue weighted by molar-refractivity contribution is 6.00. The topological polar surface area (TPSA) is 26.3 Å². The van der Waals surface area contributed by atoms with Gasteiger partial charge in [-0.3, -0.25) is 4.79 Å². The van der Waals surface area contributed by atoms with E-state index in [4.69, 9.17) is 4.74 Å². The fourth-order valence-electron chi connectivity index (χ4n) is 2.06. The number of hydrogen-bond donors (Lipinski definition) is 0. The Hall–Kier alpha value is -1.83. The summed E-state index contributed by atoms with van der Waals surface area (Å²) in [7, 11) is 0. The van der Waals surface area contributed by atoms with E-state index in [0.29, 0.717) is 5.56 Å². The van der Waals surface area contributed by atoms with Gasteiger partial charge in [0, 0.05) is 10.9 Å². The molecule has 2 aromatic carbocycles. The van der Waals surface area contributed by atoms with E-state index in [0.717, 1.165) is 35.8 Å². The Kier molecular flexibility index (Phi) is 4.35. The van der Waals surface area contributed by atoms with Crippen molar-refractivity contribution in [2.75, 3.05) is 6.61 Å². The zero-order valence-corrected chi connectivity index (χ0v) is 10.7. The number of rotatable bonds is 6. The number of carbonyl (C=O) groups excluding carboxylic acids is 1. The van der Waals surface area contributed by atoms with Gasteiger partial charge in [0.1, 0.15) is 5.75 Å². The summed E-state index contributed by atoms with van der Waals surface area (Å²) in [5.41, 5.74) is 0.714. The first-order valence-corrected chi connectivity index (χ1v) is 6.46.